The van der Waals surface area contributed by atoms with Gasteiger partial charge in [0.05, 0.1) is 18.8 Å². The molecule has 156 valence electrons. The number of hydrogen-bond acceptors (Lipinski definition) is 5. The summed E-state index contributed by atoms with van der Waals surface area (Å²) < 4.78 is 10.2. The lowest BCUT2D eigenvalue weighted by atomic mass is 9.94. The molecule has 2 atom stereocenters. The number of benzene rings is 1. The molecule has 2 heterocycles. The van der Waals surface area contributed by atoms with Crippen LogP contribution in [0.5, 0.6) is 5.75 Å². The highest BCUT2D eigenvalue weighted by Crippen LogP contribution is 2.30. The van der Waals surface area contributed by atoms with Crippen LogP contribution >= 0.6 is 23.2 Å². The number of carbonyl (C=O) groups is 2. The summed E-state index contributed by atoms with van der Waals surface area (Å²) in [5.74, 6) is 0.337. The maximum atomic E-state index is 12.8. The van der Waals surface area contributed by atoms with Gasteiger partial charge in [0.15, 0.2) is 0 Å². The van der Waals surface area contributed by atoms with E-state index < -0.39 is 0 Å². The molecule has 2 aromatic rings. The van der Waals surface area contributed by atoms with Crippen LogP contribution in [0.1, 0.15) is 29.2 Å². The molecule has 0 aliphatic carbocycles. The summed E-state index contributed by atoms with van der Waals surface area (Å²) in [6, 6.07) is 7.45. The summed E-state index contributed by atoms with van der Waals surface area (Å²) in [6.07, 6.45) is 0.739. The molecule has 1 saturated heterocycles. The fourth-order valence-corrected chi connectivity index (χ4v) is 3.96. The van der Waals surface area contributed by atoms with Crippen molar-refractivity contribution in [1.82, 2.24) is 15.4 Å². The highest BCUT2D eigenvalue weighted by molar-refractivity contribution is 6.29. The summed E-state index contributed by atoms with van der Waals surface area (Å²) >= 11 is 11.7. The van der Waals surface area contributed by atoms with Gasteiger partial charge in [-0.2, -0.15) is 0 Å². The molecule has 0 bridgehead atoms. The fourth-order valence-electron chi connectivity index (χ4n) is 3.62. The number of alkyl halides is 1. The molecule has 1 aliphatic heterocycles. The first-order valence-electron chi connectivity index (χ1n) is 9.30. The van der Waals surface area contributed by atoms with Crippen molar-refractivity contribution in [3.63, 3.8) is 0 Å². The Kier molecular flexibility index (Phi) is 7.03. The van der Waals surface area contributed by atoms with Gasteiger partial charge < -0.3 is 19.5 Å². The molecule has 1 aliphatic rings. The lowest BCUT2D eigenvalue weighted by molar-refractivity contribution is -0.130. The number of halogens is 2. The number of aryl methyl sites for hydroxylation is 1. The van der Waals surface area contributed by atoms with Crippen molar-refractivity contribution in [3.05, 3.63) is 46.3 Å². The van der Waals surface area contributed by atoms with E-state index in [2.05, 4.69) is 10.5 Å². The first kappa shape index (κ1) is 21.5. The van der Waals surface area contributed by atoms with Crippen LogP contribution in [0.25, 0.3) is 0 Å². The zero-order valence-electron chi connectivity index (χ0n) is 16.3. The molecule has 7 nitrogen and oxygen atoms in total. The van der Waals surface area contributed by atoms with E-state index in [4.69, 9.17) is 32.5 Å². The predicted octanol–water partition coefficient (Wildman–Crippen LogP) is 2.93. The molecule has 1 N–H and O–H groups in total. The highest BCUT2D eigenvalue weighted by atomic mass is 35.5. The van der Waals surface area contributed by atoms with Crippen LogP contribution in [0.4, 0.5) is 0 Å². The van der Waals surface area contributed by atoms with Crippen molar-refractivity contribution in [2.45, 2.75) is 31.7 Å². The third kappa shape index (κ3) is 5.03. The van der Waals surface area contributed by atoms with Gasteiger partial charge in [0.25, 0.3) is 0 Å². The quantitative estimate of drug-likeness (QED) is 0.670. The molecule has 29 heavy (non-hydrogen) atoms. The molecule has 3 rings (SSSR count). The Hall–Kier alpha value is -2.25. The molecular weight excluding hydrogens is 417 g/mol. The van der Waals surface area contributed by atoms with Gasteiger partial charge in [-0.1, -0.05) is 17.3 Å². The molecule has 2 amide bonds. The number of nitrogens with one attached hydrogen (secondary N) is 1. The van der Waals surface area contributed by atoms with E-state index in [0.29, 0.717) is 25.2 Å². The van der Waals surface area contributed by atoms with Gasteiger partial charge in [0, 0.05) is 31.0 Å². The zero-order valence-corrected chi connectivity index (χ0v) is 17.8. The van der Waals surface area contributed by atoms with Crippen molar-refractivity contribution < 1.29 is 18.8 Å². The molecule has 1 aromatic carbocycles. The van der Waals surface area contributed by atoms with Gasteiger partial charge in [-0.05, 0) is 42.6 Å². The van der Waals surface area contributed by atoms with Crippen LogP contribution in [-0.4, -0.2) is 54.0 Å². The first-order chi connectivity index (χ1) is 13.9. The zero-order chi connectivity index (χ0) is 21.0. The number of ether oxygens (including phenoxy) is 1. The lowest BCUT2D eigenvalue weighted by Gasteiger charge is -2.19. The molecule has 0 unspecified atom stereocenters. The highest BCUT2D eigenvalue weighted by Gasteiger charge is 2.36. The third-order valence-corrected chi connectivity index (χ3v) is 5.75. The SMILES string of the molecule is COc1ccc([C@@H]2CN(C(=O)CCc3c(C)noc3Cl)C[C@H]2NC(=O)CCl)cc1. The van der Waals surface area contributed by atoms with Crippen LogP contribution < -0.4 is 10.1 Å². The minimum atomic E-state index is -0.253. The molecule has 1 fully saturated rings. The molecule has 0 saturated carbocycles. The maximum Gasteiger partial charge on any atom is 0.235 e. The Labute approximate surface area is 179 Å². The van der Waals surface area contributed by atoms with E-state index in [1.165, 1.54) is 0 Å². The monoisotopic (exact) mass is 439 g/mol. The molecule has 0 spiro atoms. The normalized spacial score (nSPS) is 18.7. The van der Waals surface area contributed by atoms with Crippen LogP contribution in [0.2, 0.25) is 5.22 Å². The van der Waals surface area contributed by atoms with Crippen molar-refractivity contribution >= 4 is 35.0 Å². The van der Waals surface area contributed by atoms with E-state index >= 15 is 0 Å². The largest absolute Gasteiger partial charge is 0.497 e. The number of rotatable bonds is 7. The summed E-state index contributed by atoms with van der Waals surface area (Å²) in [5.41, 5.74) is 2.46. The van der Waals surface area contributed by atoms with E-state index in [1.54, 1.807) is 18.9 Å². The summed E-state index contributed by atoms with van der Waals surface area (Å²) in [7, 11) is 1.61. The van der Waals surface area contributed by atoms with Gasteiger partial charge in [-0.25, -0.2) is 0 Å². The second-order valence-electron chi connectivity index (χ2n) is 7.01. The summed E-state index contributed by atoms with van der Waals surface area (Å²) in [5, 5.41) is 6.97. The van der Waals surface area contributed by atoms with Gasteiger partial charge in [-0.15, -0.1) is 11.6 Å². The van der Waals surface area contributed by atoms with Gasteiger partial charge in [-0.3, -0.25) is 9.59 Å². The average molecular weight is 440 g/mol. The number of aromatic nitrogens is 1. The van der Waals surface area contributed by atoms with E-state index in [0.717, 1.165) is 16.9 Å². The Balaban J connectivity index is 1.71. The van der Waals surface area contributed by atoms with E-state index in [1.807, 2.05) is 24.3 Å². The van der Waals surface area contributed by atoms with Crippen molar-refractivity contribution in [3.8, 4) is 5.75 Å². The number of hydrogen-bond donors (Lipinski definition) is 1. The first-order valence-corrected chi connectivity index (χ1v) is 10.2. The average Bonchev–Trinajstić information content (AvgIpc) is 3.29. The number of carbonyl (C=O) groups excluding carboxylic acids is 2. The second kappa shape index (κ2) is 9.50. The Morgan fingerprint density at radius 3 is 2.62 bits per heavy atom. The van der Waals surface area contributed by atoms with Crippen LogP contribution in [0.3, 0.4) is 0 Å². The summed E-state index contributed by atoms with van der Waals surface area (Å²) in [4.78, 5) is 26.5. The Bertz CT molecular complexity index is 850. The topological polar surface area (TPSA) is 84.7 Å². The minimum absolute atomic E-state index is 0.0113. The Morgan fingerprint density at radius 2 is 2.03 bits per heavy atom. The predicted molar refractivity (Wildman–Crippen MR) is 110 cm³/mol. The smallest absolute Gasteiger partial charge is 0.235 e. The number of likely N-dealkylation sites (tertiary alicyclic amines) is 1. The molecule has 9 heteroatoms. The molecule has 0 radical (unpaired) electrons. The van der Waals surface area contributed by atoms with Crippen LogP contribution in [0, 0.1) is 6.92 Å². The second-order valence-corrected chi connectivity index (χ2v) is 7.62. The lowest BCUT2D eigenvalue weighted by Crippen LogP contribution is -2.41. The standard InChI is InChI=1S/C20H23Cl2N3O4/c1-12-15(20(22)29-24-12)7-8-19(27)25-10-16(17(11-25)23-18(26)9-21)13-3-5-14(28-2)6-4-13/h3-6,16-17H,7-11H2,1-2H3,(H,23,26)/t16-,17+/m0/s1. The van der Waals surface area contributed by atoms with Crippen molar-refractivity contribution in [2.24, 2.45) is 0 Å². The summed E-state index contributed by atoms with van der Waals surface area (Å²) in [6.45, 7) is 2.73. The fraction of sp³-hybridized carbons (Fsp3) is 0.450. The van der Waals surface area contributed by atoms with Gasteiger partial charge >= 0.3 is 0 Å². The Morgan fingerprint density at radius 1 is 1.31 bits per heavy atom. The van der Waals surface area contributed by atoms with E-state index in [9.17, 15) is 9.59 Å². The molecule has 1 aromatic heterocycles. The van der Waals surface area contributed by atoms with Crippen LogP contribution in [0.15, 0.2) is 28.8 Å². The van der Waals surface area contributed by atoms with Crippen LogP contribution in [-0.2, 0) is 16.0 Å². The maximum absolute atomic E-state index is 12.8. The minimum Gasteiger partial charge on any atom is -0.497 e. The number of nitrogens with zero attached hydrogens (tertiary/aromatic N) is 2. The van der Waals surface area contributed by atoms with E-state index in [-0.39, 0.29) is 41.3 Å². The van der Waals surface area contributed by atoms with Gasteiger partial charge in [0.2, 0.25) is 17.0 Å². The third-order valence-electron chi connectivity index (χ3n) is 5.21. The number of amides is 2. The van der Waals surface area contributed by atoms with Crippen molar-refractivity contribution in [1.29, 1.82) is 0 Å². The van der Waals surface area contributed by atoms with Gasteiger partial charge in [0.1, 0.15) is 11.6 Å². The number of methoxy groups -OCH3 is 1. The molecular formula is C20H23Cl2N3O4. The van der Waals surface area contributed by atoms with Crippen molar-refractivity contribution in [2.75, 3.05) is 26.1 Å².